The van der Waals surface area contributed by atoms with Crippen LogP contribution < -0.4 is 0 Å². The van der Waals surface area contributed by atoms with Gasteiger partial charge in [0.2, 0.25) is 5.95 Å². The van der Waals surface area contributed by atoms with E-state index in [9.17, 15) is 0 Å². The summed E-state index contributed by atoms with van der Waals surface area (Å²) in [6.45, 7) is 0. The Morgan fingerprint density at radius 3 is 1.98 bits per heavy atom. The first-order chi connectivity index (χ1) is 23.4. The van der Waals surface area contributed by atoms with Gasteiger partial charge in [-0.05, 0) is 18.2 Å². The fourth-order valence-corrected chi connectivity index (χ4v) is 8.91. The number of nitrogens with zero attached hydrogens (tertiary/aromatic N) is 3. The molecule has 0 N–H and O–H groups in total. The molecule has 0 aliphatic carbocycles. The average molecular weight is 589 g/mol. The molecule has 200 valence electrons. The SMILES string of the molecule is [2H]c1c([2H])c([2H])c(-c2nc(-n3c4ccccc4c4c5c6ccccc6sc5c5ccccc5c43)nc3sc4ccccc4c23)c([2H])c1[2H]. The Hall–Kier alpha value is -5.10. The normalized spacial score (nSPS) is 13.8. The van der Waals surface area contributed by atoms with E-state index in [0.717, 1.165) is 42.7 Å². The Kier molecular flexibility index (Phi) is 3.88. The number of hydrogen-bond acceptors (Lipinski definition) is 4. The molecule has 0 atom stereocenters. The van der Waals surface area contributed by atoms with E-state index in [-0.39, 0.29) is 17.6 Å². The van der Waals surface area contributed by atoms with E-state index in [2.05, 4.69) is 71.3 Å². The summed E-state index contributed by atoms with van der Waals surface area (Å²) in [7, 11) is 0. The highest BCUT2D eigenvalue weighted by Gasteiger charge is 2.24. The highest BCUT2D eigenvalue weighted by molar-refractivity contribution is 7.27. The Balaban J connectivity index is 1.45. The van der Waals surface area contributed by atoms with Gasteiger partial charge in [-0.2, -0.15) is 0 Å². The van der Waals surface area contributed by atoms with Gasteiger partial charge >= 0.3 is 0 Å². The zero-order chi connectivity index (χ0) is 32.4. The molecule has 43 heavy (non-hydrogen) atoms. The number of aromatic nitrogens is 3. The summed E-state index contributed by atoms with van der Waals surface area (Å²) in [6.07, 6.45) is 0. The van der Waals surface area contributed by atoms with E-state index in [1.165, 1.54) is 31.5 Å². The van der Waals surface area contributed by atoms with Crippen molar-refractivity contribution in [2.45, 2.75) is 0 Å². The van der Waals surface area contributed by atoms with Gasteiger partial charge in [0.1, 0.15) is 4.83 Å². The van der Waals surface area contributed by atoms with E-state index in [1.54, 1.807) is 11.3 Å². The van der Waals surface area contributed by atoms with Gasteiger partial charge < -0.3 is 0 Å². The average Bonchev–Trinajstić information content (AvgIpc) is 3.80. The molecule has 4 aromatic heterocycles. The van der Waals surface area contributed by atoms with Gasteiger partial charge in [-0.1, -0.05) is 109 Å². The zero-order valence-corrected chi connectivity index (χ0v) is 24.0. The standard InChI is InChI=1S/C38H21N3S2/c1-2-12-22(13-3-1)34-33-27-18-8-11-21-30(27)43-37(33)40-38(39-34)41-28-19-9-6-16-25(28)31-32-26-17-7-10-20-29(26)42-36(32)24-15-5-4-14-23(24)35(31)41/h1-21H/i1D,2D,3D,12D,13D. The Bertz CT molecular complexity index is 3000. The lowest BCUT2D eigenvalue weighted by Gasteiger charge is -2.12. The van der Waals surface area contributed by atoms with Crippen LogP contribution in [-0.2, 0) is 0 Å². The van der Waals surface area contributed by atoms with E-state index in [4.69, 9.17) is 16.8 Å². The number of para-hydroxylation sites is 1. The van der Waals surface area contributed by atoms with E-state index >= 15 is 0 Å². The molecule has 10 rings (SSSR count). The molecule has 10 aromatic rings. The van der Waals surface area contributed by atoms with E-state index in [1.807, 2.05) is 30.3 Å². The molecule has 0 fully saturated rings. The molecule has 0 radical (unpaired) electrons. The second-order valence-electron chi connectivity index (χ2n) is 10.6. The van der Waals surface area contributed by atoms with Crippen molar-refractivity contribution in [2.24, 2.45) is 0 Å². The van der Waals surface area contributed by atoms with Crippen LogP contribution in [0.5, 0.6) is 0 Å². The van der Waals surface area contributed by atoms with Crippen LogP contribution in [0.25, 0.3) is 90.3 Å². The minimum absolute atomic E-state index is 0.0649. The fourth-order valence-electron chi connectivity index (χ4n) is 6.59. The first kappa shape index (κ1) is 19.2. The molecule has 0 spiro atoms. The molecule has 5 heteroatoms. The third kappa shape index (κ3) is 3.18. The molecule has 0 saturated heterocycles. The van der Waals surface area contributed by atoms with Crippen molar-refractivity contribution in [3.63, 3.8) is 0 Å². The second kappa shape index (κ2) is 8.71. The van der Waals surface area contributed by atoms with Crippen molar-refractivity contribution in [1.29, 1.82) is 0 Å². The maximum atomic E-state index is 8.94. The maximum Gasteiger partial charge on any atom is 0.236 e. The van der Waals surface area contributed by atoms with Gasteiger partial charge in [0.05, 0.1) is 23.6 Å². The van der Waals surface area contributed by atoms with Gasteiger partial charge in [0.15, 0.2) is 0 Å². The molecule has 0 unspecified atom stereocenters. The Labute approximate surface area is 260 Å². The first-order valence-electron chi connectivity index (χ1n) is 16.4. The van der Waals surface area contributed by atoms with Gasteiger partial charge in [-0.25, -0.2) is 9.97 Å². The predicted octanol–water partition coefficient (Wildman–Crippen LogP) is 11.1. The summed E-state index contributed by atoms with van der Waals surface area (Å²) >= 11 is 3.31. The lowest BCUT2D eigenvalue weighted by molar-refractivity contribution is 1.02. The smallest absolute Gasteiger partial charge is 0.236 e. The molecule has 0 saturated carbocycles. The molecule has 0 bridgehead atoms. The largest absolute Gasteiger partial charge is 0.277 e. The lowest BCUT2D eigenvalue weighted by atomic mass is 10.00. The van der Waals surface area contributed by atoms with Crippen molar-refractivity contribution >= 4 is 95.7 Å². The lowest BCUT2D eigenvalue weighted by Crippen LogP contribution is -2.03. The molecule has 0 amide bonds. The van der Waals surface area contributed by atoms with Crippen molar-refractivity contribution in [1.82, 2.24) is 14.5 Å². The summed E-state index contributed by atoms with van der Waals surface area (Å²) in [5.41, 5.74) is 2.28. The van der Waals surface area contributed by atoms with Gasteiger partial charge in [-0.15, -0.1) is 22.7 Å². The first-order valence-corrected chi connectivity index (χ1v) is 15.6. The van der Waals surface area contributed by atoms with Crippen LogP contribution in [0.4, 0.5) is 0 Å². The molecule has 6 aromatic carbocycles. The third-order valence-corrected chi connectivity index (χ3v) is 10.6. The van der Waals surface area contributed by atoms with Crippen molar-refractivity contribution in [2.75, 3.05) is 0 Å². The van der Waals surface area contributed by atoms with Gasteiger partial charge in [-0.3, -0.25) is 4.57 Å². The highest BCUT2D eigenvalue weighted by atomic mass is 32.1. The Morgan fingerprint density at radius 2 is 1.19 bits per heavy atom. The molecular formula is C38H21N3S2. The molecule has 0 aliphatic rings. The van der Waals surface area contributed by atoms with Crippen molar-refractivity contribution in [3.05, 3.63) is 127 Å². The summed E-state index contributed by atoms with van der Waals surface area (Å²) in [4.78, 5) is 11.1. The molecule has 4 heterocycles. The van der Waals surface area contributed by atoms with Crippen LogP contribution in [0.1, 0.15) is 6.85 Å². The summed E-state index contributed by atoms with van der Waals surface area (Å²) < 4.78 is 48.6. The van der Waals surface area contributed by atoms with Gasteiger partial charge in [0, 0.05) is 62.8 Å². The van der Waals surface area contributed by atoms with E-state index in [0.29, 0.717) is 21.9 Å². The van der Waals surface area contributed by atoms with Crippen molar-refractivity contribution < 1.29 is 6.85 Å². The second-order valence-corrected chi connectivity index (χ2v) is 12.7. The minimum atomic E-state index is -0.435. The topological polar surface area (TPSA) is 30.7 Å². The predicted molar refractivity (Wildman–Crippen MR) is 185 cm³/mol. The monoisotopic (exact) mass is 588 g/mol. The van der Waals surface area contributed by atoms with Gasteiger partial charge in [0.25, 0.3) is 0 Å². The summed E-state index contributed by atoms with van der Waals surface area (Å²) in [5.74, 6) is 0.381. The molecular weight excluding hydrogens is 563 g/mol. The van der Waals surface area contributed by atoms with Crippen LogP contribution >= 0.6 is 22.7 Å². The molecule has 3 nitrogen and oxygen atoms in total. The van der Waals surface area contributed by atoms with Crippen LogP contribution in [0.3, 0.4) is 0 Å². The fraction of sp³-hybridized carbons (Fsp3) is 0. The third-order valence-electron chi connectivity index (χ3n) is 8.31. The van der Waals surface area contributed by atoms with Crippen LogP contribution in [0, 0.1) is 0 Å². The molecule has 0 aliphatic heterocycles. The quantitative estimate of drug-likeness (QED) is 0.201. The summed E-state index contributed by atoms with van der Waals surface area (Å²) in [5, 5.41) is 8.31. The van der Waals surface area contributed by atoms with E-state index < -0.39 is 18.1 Å². The minimum Gasteiger partial charge on any atom is -0.277 e. The van der Waals surface area contributed by atoms with Crippen LogP contribution in [0.2, 0.25) is 0 Å². The number of hydrogen-bond donors (Lipinski definition) is 0. The van der Waals surface area contributed by atoms with Crippen LogP contribution in [-0.4, -0.2) is 14.5 Å². The summed E-state index contributed by atoms with van der Waals surface area (Å²) in [6, 6.07) is 31.3. The van der Waals surface area contributed by atoms with Crippen LogP contribution in [0.15, 0.2) is 127 Å². The number of thiophene rings is 2. The number of fused-ring (bicyclic) bond motifs is 13. The van der Waals surface area contributed by atoms with Crippen molar-refractivity contribution in [3.8, 4) is 17.2 Å². The number of benzene rings is 6. The highest BCUT2D eigenvalue weighted by Crippen LogP contribution is 2.48. The Morgan fingerprint density at radius 1 is 0.558 bits per heavy atom. The zero-order valence-electron chi connectivity index (χ0n) is 27.4. The maximum absolute atomic E-state index is 8.94. The number of rotatable bonds is 2.